The number of benzene rings is 2. The van der Waals surface area contributed by atoms with Crippen molar-refractivity contribution in [2.45, 2.75) is 75.1 Å². The van der Waals surface area contributed by atoms with Crippen LogP contribution in [0.3, 0.4) is 0 Å². The molecule has 0 radical (unpaired) electrons. The Morgan fingerprint density at radius 1 is 1.00 bits per heavy atom. The minimum Gasteiger partial charge on any atom is -0.507 e. The molecule has 2 aromatic carbocycles. The molecule has 14 heteroatoms. The molecule has 0 amide bonds. The Hall–Kier alpha value is -3.05. The molecule has 2 saturated heterocycles. The Kier molecular flexibility index (Phi) is 8.87. The van der Waals surface area contributed by atoms with Gasteiger partial charge < -0.3 is 64.2 Å². The van der Waals surface area contributed by atoms with Gasteiger partial charge in [0.15, 0.2) is 12.1 Å². The van der Waals surface area contributed by atoms with Crippen LogP contribution in [0.25, 0.3) is 0 Å². The highest BCUT2D eigenvalue weighted by Crippen LogP contribution is 2.48. The van der Waals surface area contributed by atoms with E-state index >= 15 is 0 Å². The fourth-order valence-corrected chi connectivity index (χ4v) is 5.41. The maximum Gasteiger partial charge on any atom is 0.229 e. The number of fused-ring (bicyclic) bond motifs is 1. The van der Waals surface area contributed by atoms with E-state index in [0.717, 1.165) is 0 Å². The Labute approximate surface area is 246 Å². The third kappa shape index (κ3) is 5.66. The molecule has 0 spiro atoms. The largest absolute Gasteiger partial charge is 0.507 e. The number of aliphatic hydroxyl groups is 6. The van der Waals surface area contributed by atoms with Crippen LogP contribution < -0.4 is 14.2 Å². The number of phenolic OH excluding ortho intramolecular Hbond substituents is 1. The molecule has 2 aromatic rings. The first-order valence-electron chi connectivity index (χ1n) is 13.7. The van der Waals surface area contributed by atoms with Gasteiger partial charge in [-0.15, -0.1) is 0 Å². The lowest BCUT2D eigenvalue weighted by Crippen LogP contribution is -2.60. The summed E-state index contributed by atoms with van der Waals surface area (Å²) in [5.41, 5.74) is -0.742. The Morgan fingerprint density at radius 3 is 2.33 bits per heavy atom. The van der Waals surface area contributed by atoms with E-state index in [4.69, 9.17) is 28.4 Å². The quantitative estimate of drug-likeness (QED) is 0.199. The van der Waals surface area contributed by atoms with Crippen LogP contribution in [0, 0.1) is 13.8 Å². The van der Waals surface area contributed by atoms with Gasteiger partial charge in [-0.1, -0.05) is 12.1 Å². The number of aromatic hydroxyl groups is 1. The second-order valence-electron chi connectivity index (χ2n) is 11.0. The van der Waals surface area contributed by atoms with Gasteiger partial charge in [0.05, 0.1) is 33.4 Å². The number of rotatable bonds is 8. The molecule has 0 bridgehead atoms. The molecule has 3 aliphatic rings. The number of carbonyl (C=O) groups excluding carboxylic acids is 1. The minimum atomic E-state index is -1.93. The summed E-state index contributed by atoms with van der Waals surface area (Å²) < 4.78 is 33.7. The maximum absolute atomic E-state index is 13.2. The fraction of sp³-hybridized carbons (Fsp3) is 0.552. The molecule has 0 saturated carbocycles. The first-order chi connectivity index (χ1) is 20.4. The van der Waals surface area contributed by atoms with Gasteiger partial charge in [-0.05, 0) is 31.5 Å². The molecule has 3 aliphatic heterocycles. The van der Waals surface area contributed by atoms with Crippen molar-refractivity contribution in [3.05, 3.63) is 46.5 Å². The van der Waals surface area contributed by atoms with Gasteiger partial charge in [-0.2, -0.15) is 0 Å². The lowest BCUT2D eigenvalue weighted by molar-refractivity contribution is -0.289. The zero-order valence-corrected chi connectivity index (χ0v) is 23.7. The van der Waals surface area contributed by atoms with Crippen molar-refractivity contribution in [3.8, 4) is 23.0 Å². The summed E-state index contributed by atoms with van der Waals surface area (Å²) in [4.78, 5) is 13.2. The molecule has 236 valence electrons. The highest BCUT2D eigenvalue weighted by Gasteiger charge is 2.50. The van der Waals surface area contributed by atoms with Crippen molar-refractivity contribution >= 4 is 5.78 Å². The lowest BCUT2D eigenvalue weighted by atomic mass is 9.91. The zero-order chi connectivity index (χ0) is 31.2. The molecule has 5 rings (SSSR count). The molecule has 7 N–H and O–H groups in total. The number of carbonyl (C=O) groups is 1. The van der Waals surface area contributed by atoms with E-state index in [1.165, 1.54) is 14.0 Å². The molecule has 0 unspecified atom stereocenters. The fourth-order valence-electron chi connectivity index (χ4n) is 5.41. The van der Waals surface area contributed by atoms with E-state index in [1.54, 1.807) is 31.2 Å². The van der Waals surface area contributed by atoms with Crippen LogP contribution in [-0.4, -0.2) is 117 Å². The van der Waals surface area contributed by atoms with Crippen molar-refractivity contribution < 1.29 is 69.0 Å². The lowest BCUT2D eigenvalue weighted by Gasteiger charge is -2.41. The minimum absolute atomic E-state index is 0.00286. The summed E-state index contributed by atoms with van der Waals surface area (Å²) in [6.45, 7) is 1.46. The van der Waals surface area contributed by atoms with Crippen molar-refractivity contribution in [2.24, 2.45) is 0 Å². The highest BCUT2D eigenvalue weighted by atomic mass is 16.7. The van der Waals surface area contributed by atoms with Gasteiger partial charge in [0, 0.05) is 11.1 Å². The van der Waals surface area contributed by atoms with Gasteiger partial charge in [0.1, 0.15) is 70.8 Å². The SMILES string of the molecule is COc1ccc([C@@H]2CC(=O)c3c(O)c(C)c(O[C@@H]4O[C@H](CO[C@@H]5OC[C@@](O)(CO)[C@@H]5O)[C@@H](O)[C@H](O)[C@@H]4O)c(C)c3O2)cc1. The summed E-state index contributed by atoms with van der Waals surface area (Å²) in [5, 5.41) is 72.4. The number of Topliss-reactive ketones (excluding diaryl/α,β-unsaturated/α-hetero) is 1. The van der Waals surface area contributed by atoms with Crippen molar-refractivity contribution in [1.29, 1.82) is 0 Å². The van der Waals surface area contributed by atoms with Crippen LogP contribution in [0.2, 0.25) is 0 Å². The summed E-state index contributed by atoms with van der Waals surface area (Å²) in [6, 6.07) is 7.01. The second-order valence-corrected chi connectivity index (χ2v) is 11.0. The molecule has 9 atom stereocenters. The van der Waals surface area contributed by atoms with Gasteiger partial charge in [-0.25, -0.2) is 0 Å². The zero-order valence-electron chi connectivity index (χ0n) is 23.7. The molecule has 14 nitrogen and oxygen atoms in total. The van der Waals surface area contributed by atoms with Crippen molar-refractivity contribution in [1.82, 2.24) is 0 Å². The number of ketones is 1. The number of ether oxygens (including phenoxy) is 6. The van der Waals surface area contributed by atoms with Crippen LogP contribution in [0.15, 0.2) is 24.3 Å². The van der Waals surface area contributed by atoms with Gasteiger partial charge in [-0.3, -0.25) is 4.79 Å². The van der Waals surface area contributed by atoms with Crippen LogP contribution in [0.1, 0.15) is 39.6 Å². The normalized spacial score (nSPS) is 34.0. The smallest absolute Gasteiger partial charge is 0.229 e. The third-order valence-corrected chi connectivity index (χ3v) is 8.15. The average molecular weight is 609 g/mol. The Balaban J connectivity index is 1.37. The van der Waals surface area contributed by atoms with Crippen LogP contribution in [-0.2, 0) is 14.2 Å². The molecule has 43 heavy (non-hydrogen) atoms. The molecule has 0 aromatic heterocycles. The van der Waals surface area contributed by atoms with Gasteiger partial charge in [0.2, 0.25) is 6.29 Å². The van der Waals surface area contributed by atoms with E-state index in [9.17, 15) is 40.5 Å². The van der Waals surface area contributed by atoms with Gasteiger partial charge in [0.25, 0.3) is 0 Å². The maximum atomic E-state index is 13.2. The van der Waals surface area contributed by atoms with Crippen molar-refractivity contribution in [3.63, 3.8) is 0 Å². The van der Waals surface area contributed by atoms with E-state index in [1.807, 2.05) is 0 Å². The summed E-state index contributed by atoms with van der Waals surface area (Å²) in [5.74, 6) is 0.0285. The summed E-state index contributed by atoms with van der Waals surface area (Å²) in [7, 11) is 1.54. The Morgan fingerprint density at radius 2 is 1.70 bits per heavy atom. The second kappa shape index (κ2) is 12.1. The molecular formula is C29H36O14. The van der Waals surface area contributed by atoms with Crippen LogP contribution >= 0.6 is 0 Å². The Bertz CT molecular complexity index is 1330. The summed E-state index contributed by atoms with van der Waals surface area (Å²) >= 11 is 0. The van der Waals surface area contributed by atoms with Crippen LogP contribution in [0.4, 0.5) is 0 Å². The van der Waals surface area contributed by atoms with E-state index in [-0.39, 0.29) is 40.6 Å². The van der Waals surface area contributed by atoms with E-state index in [2.05, 4.69) is 0 Å². The first kappa shape index (κ1) is 31.4. The monoisotopic (exact) mass is 608 g/mol. The topological polar surface area (TPSA) is 214 Å². The first-order valence-corrected chi connectivity index (χ1v) is 13.7. The molecule has 3 heterocycles. The third-order valence-electron chi connectivity index (χ3n) is 8.15. The predicted molar refractivity (Wildman–Crippen MR) is 144 cm³/mol. The van der Waals surface area contributed by atoms with Crippen LogP contribution in [0.5, 0.6) is 23.0 Å². The van der Waals surface area contributed by atoms with Gasteiger partial charge >= 0.3 is 0 Å². The highest BCUT2D eigenvalue weighted by molar-refractivity contribution is 6.03. The average Bonchev–Trinajstić information content (AvgIpc) is 3.30. The standard InChI is InChI=1S/C29H36O14/c1-12-20(32)19-16(31)8-17(14-4-6-15(38-3)7-5-14)41-25(19)13(2)24(12)43-27-23(35)22(34)21(33)18(42-27)9-39-28-26(36)29(37,10-30)11-40-28/h4-7,17-18,21-23,26-28,30,32-37H,8-11H2,1-3H3/t17-,18+,21+,22-,23-,26+,27-,28+,29-/m0/s1. The predicted octanol–water partition coefficient (Wildman–Crippen LogP) is -0.632. The van der Waals surface area contributed by atoms with E-state index in [0.29, 0.717) is 16.9 Å². The van der Waals surface area contributed by atoms with Crippen molar-refractivity contribution in [2.75, 3.05) is 26.9 Å². The number of hydrogen-bond acceptors (Lipinski definition) is 14. The molecular weight excluding hydrogens is 572 g/mol. The van der Waals surface area contributed by atoms with E-state index < -0.39 is 74.6 Å². The molecule has 2 fully saturated rings. The number of methoxy groups -OCH3 is 1. The number of hydrogen-bond donors (Lipinski definition) is 7. The number of phenols is 1. The molecule has 0 aliphatic carbocycles. The summed E-state index contributed by atoms with van der Waals surface area (Å²) in [6.07, 6.45) is -11.7. The number of aliphatic hydroxyl groups excluding tert-OH is 5.